The number of ether oxygens (including phenoxy) is 1. The van der Waals surface area contributed by atoms with Crippen LogP contribution in [0.15, 0.2) is 22.7 Å². The molecule has 1 aliphatic rings. The van der Waals surface area contributed by atoms with Crippen molar-refractivity contribution in [2.75, 3.05) is 7.11 Å². The second-order valence-corrected chi connectivity index (χ2v) is 6.49. The lowest BCUT2D eigenvalue weighted by Crippen LogP contribution is -2.32. The molecular weight excluding hydrogens is 292 g/mol. The van der Waals surface area contributed by atoms with Crippen molar-refractivity contribution in [1.82, 2.24) is 0 Å². The molecule has 0 radical (unpaired) electrons. The van der Waals surface area contributed by atoms with E-state index in [0.717, 1.165) is 22.2 Å². The maximum atomic E-state index is 10.5. The number of halogens is 1. The fourth-order valence-electron chi connectivity index (χ4n) is 2.61. The van der Waals surface area contributed by atoms with E-state index in [0.29, 0.717) is 12.3 Å². The van der Waals surface area contributed by atoms with Crippen LogP contribution in [0.3, 0.4) is 0 Å². The summed E-state index contributed by atoms with van der Waals surface area (Å²) in [6.07, 6.45) is 5.44. The van der Waals surface area contributed by atoms with Gasteiger partial charge in [-0.2, -0.15) is 0 Å². The minimum atomic E-state index is -0.625. The van der Waals surface area contributed by atoms with E-state index in [2.05, 4.69) is 15.9 Å². The number of hydrogen-bond acceptors (Lipinski definition) is 2. The number of aliphatic hydroxyl groups is 1. The zero-order chi connectivity index (χ0) is 13.2. The van der Waals surface area contributed by atoms with Crippen molar-refractivity contribution in [2.24, 2.45) is 5.92 Å². The molecular formula is C15H21BrO2. The van der Waals surface area contributed by atoms with E-state index in [1.54, 1.807) is 7.11 Å². The predicted molar refractivity (Wildman–Crippen MR) is 77.0 cm³/mol. The summed E-state index contributed by atoms with van der Waals surface area (Å²) < 4.78 is 6.27. The van der Waals surface area contributed by atoms with Gasteiger partial charge in [-0.3, -0.25) is 0 Å². The van der Waals surface area contributed by atoms with E-state index in [9.17, 15) is 5.11 Å². The van der Waals surface area contributed by atoms with Crippen molar-refractivity contribution in [3.63, 3.8) is 0 Å². The molecule has 1 N–H and O–H groups in total. The van der Waals surface area contributed by atoms with Gasteiger partial charge < -0.3 is 9.84 Å². The van der Waals surface area contributed by atoms with Crippen LogP contribution < -0.4 is 4.74 Å². The summed E-state index contributed by atoms with van der Waals surface area (Å²) in [6, 6.07) is 5.90. The number of hydrogen-bond donors (Lipinski definition) is 1. The topological polar surface area (TPSA) is 29.5 Å². The minimum absolute atomic E-state index is 0.625. The molecule has 3 heteroatoms. The third-order valence-corrected chi connectivity index (χ3v) is 4.55. The van der Waals surface area contributed by atoms with Gasteiger partial charge in [0, 0.05) is 10.9 Å². The average molecular weight is 313 g/mol. The Bertz CT molecular complexity index is 411. The molecule has 1 aromatic carbocycles. The first-order valence-electron chi connectivity index (χ1n) is 6.55. The second kappa shape index (κ2) is 5.62. The first-order valence-corrected chi connectivity index (χ1v) is 7.34. The lowest BCUT2D eigenvalue weighted by molar-refractivity contribution is 0.0202. The van der Waals surface area contributed by atoms with Gasteiger partial charge in [0.2, 0.25) is 0 Å². The van der Waals surface area contributed by atoms with Crippen LogP contribution in [-0.2, 0) is 6.42 Å². The maximum Gasteiger partial charge on any atom is 0.119 e. The van der Waals surface area contributed by atoms with Crippen LogP contribution in [0.4, 0.5) is 0 Å². The molecule has 2 rings (SSSR count). The highest BCUT2D eigenvalue weighted by atomic mass is 79.9. The molecule has 0 spiro atoms. The van der Waals surface area contributed by atoms with E-state index in [4.69, 9.17) is 4.74 Å². The van der Waals surface area contributed by atoms with Crippen LogP contribution in [0.2, 0.25) is 0 Å². The summed E-state index contributed by atoms with van der Waals surface area (Å²) in [5, 5.41) is 10.5. The normalized spacial score (nSPS) is 19.1. The molecule has 1 fully saturated rings. The van der Waals surface area contributed by atoms with E-state index in [1.807, 2.05) is 25.1 Å². The minimum Gasteiger partial charge on any atom is -0.497 e. The van der Waals surface area contributed by atoms with Crippen LogP contribution in [0.1, 0.15) is 38.2 Å². The molecule has 2 nitrogen and oxygen atoms in total. The van der Waals surface area contributed by atoms with Gasteiger partial charge in [-0.15, -0.1) is 0 Å². The lowest BCUT2D eigenvalue weighted by atomic mass is 9.76. The van der Waals surface area contributed by atoms with Gasteiger partial charge in [-0.05, 0) is 43.0 Å². The fraction of sp³-hybridized carbons (Fsp3) is 0.600. The van der Waals surface area contributed by atoms with Gasteiger partial charge in [-0.1, -0.05) is 35.2 Å². The Morgan fingerprint density at radius 2 is 2.17 bits per heavy atom. The third kappa shape index (κ3) is 3.48. The summed E-state index contributed by atoms with van der Waals surface area (Å²) in [4.78, 5) is 0. The largest absolute Gasteiger partial charge is 0.497 e. The fourth-order valence-corrected chi connectivity index (χ4v) is 3.00. The molecule has 0 bridgehead atoms. The molecule has 100 valence electrons. The Kier molecular flexibility index (Phi) is 4.33. The Hall–Kier alpha value is -0.540. The van der Waals surface area contributed by atoms with Crippen LogP contribution >= 0.6 is 15.9 Å². The first kappa shape index (κ1) is 13.9. The van der Waals surface area contributed by atoms with Gasteiger partial charge in [0.05, 0.1) is 12.7 Å². The molecule has 0 heterocycles. The summed E-state index contributed by atoms with van der Waals surface area (Å²) in [5.74, 6) is 1.55. The van der Waals surface area contributed by atoms with Gasteiger partial charge >= 0.3 is 0 Å². The van der Waals surface area contributed by atoms with Crippen molar-refractivity contribution in [1.29, 1.82) is 0 Å². The molecule has 1 aromatic rings. The summed E-state index contributed by atoms with van der Waals surface area (Å²) in [7, 11) is 1.67. The smallest absolute Gasteiger partial charge is 0.119 e. The van der Waals surface area contributed by atoms with Gasteiger partial charge in [0.15, 0.2) is 0 Å². The molecule has 0 saturated heterocycles. The van der Waals surface area contributed by atoms with Gasteiger partial charge in [-0.25, -0.2) is 0 Å². The standard InChI is InChI=1S/C15H21BrO2/c1-15(17,9-11-4-3-5-11)10-12-8-13(18-2)6-7-14(12)16/h6-8,11,17H,3-5,9-10H2,1-2H3. The Labute approximate surface area is 117 Å². The zero-order valence-corrected chi connectivity index (χ0v) is 12.7. The van der Waals surface area contributed by atoms with Crippen molar-refractivity contribution in [3.05, 3.63) is 28.2 Å². The summed E-state index contributed by atoms with van der Waals surface area (Å²) in [5.41, 5.74) is 0.485. The molecule has 1 unspecified atom stereocenters. The third-order valence-electron chi connectivity index (χ3n) is 3.78. The van der Waals surface area contributed by atoms with Crippen molar-refractivity contribution < 1.29 is 9.84 Å². The van der Waals surface area contributed by atoms with Crippen LogP contribution in [-0.4, -0.2) is 17.8 Å². The quantitative estimate of drug-likeness (QED) is 0.892. The van der Waals surface area contributed by atoms with Gasteiger partial charge in [0.25, 0.3) is 0 Å². The average Bonchev–Trinajstić information content (AvgIpc) is 2.27. The highest BCUT2D eigenvalue weighted by Gasteiger charge is 2.29. The molecule has 1 saturated carbocycles. The highest BCUT2D eigenvalue weighted by Crippen LogP contribution is 2.36. The maximum absolute atomic E-state index is 10.5. The van der Waals surface area contributed by atoms with Crippen LogP contribution in [0, 0.1) is 5.92 Å². The van der Waals surface area contributed by atoms with Crippen LogP contribution in [0.5, 0.6) is 5.75 Å². The Morgan fingerprint density at radius 1 is 1.44 bits per heavy atom. The van der Waals surface area contributed by atoms with Crippen molar-refractivity contribution in [2.45, 2.75) is 44.6 Å². The monoisotopic (exact) mass is 312 g/mol. The number of benzene rings is 1. The Balaban J connectivity index is 2.06. The van der Waals surface area contributed by atoms with Crippen molar-refractivity contribution >= 4 is 15.9 Å². The summed E-state index contributed by atoms with van der Waals surface area (Å²) >= 11 is 3.54. The van der Waals surface area contributed by atoms with Gasteiger partial charge in [0.1, 0.15) is 5.75 Å². The number of rotatable bonds is 5. The molecule has 0 aromatic heterocycles. The highest BCUT2D eigenvalue weighted by molar-refractivity contribution is 9.10. The second-order valence-electron chi connectivity index (χ2n) is 5.63. The first-order chi connectivity index (χ1) is 8.50. The van der Waals surface area contributed by atoms with E-state index >= 15 is 0 Å². The van der Waals surface area contributed by atoms with E-state index < -0.39 is 5.60 Å². The molecule has 18 heavy (non-hydrogen) atoms. The Morgan fingerprint density at radius 3 is 2.72 bits per heavy atom. The number of methoxy groups -OCH3 is 1. The molecule has 0 amide bonds. The molecule has 0 aliphatic heterocycles. The van der Waals surface area contributed by atoms with E-state index in [-0.39, 0.29) is 0 Å². The van der Waals surface area contributed by atoms with Crippen molar-refractivity contribution in [3.8, 4) is 5.75 Å². The van der Waals surface area contributed by atoms with E-state index in [1.165, 1.54) is 19.3 Å². The lowest BCUT2D eigenvalue weighted by Gasteiger charge is -2.33. The molecule has 1 aliphatic carbocycles. The zero-order valence-electron chi connectivity index (χ0n) is 11.1. The predicted octanol–water partition coefficient (Wildman–Crippen LogP) is 3.94. The van der Waals surface area contributed by atoms with Crippen LogP contribution in [0.25, 0.3) is 0 Å². The SMILES string of the molecule is COc1ccc(Br)c(CC(C)(O)CC2CCC2)c1. The summed E-state index contributed by atoms with van der Waals surface area (Å²) in [6.45, 7) is 1.94. The molecule has 1 atom stereocenters.